The van der Waals surface area contributed by atoms with Crippen molar-refractivity contribution in [2.24, 2.45) is 5.41 Å². The van der Waals surface area contributed by atoms with Gasteiger partial charge in [-0.2, -0.15) is 4.98 Å². The molecule has 2 fully saturated rings. The lowest BCUT2D eigenvalue weighted by Gasteiger charge is -2.47. The fourth-order valence-corrected chi connectivity index (χ4v) is 4.11. The largest absolute Gasteiger partial charge is 0.368 e. The molecule has 0 unspecified atom stereocenters. The number of aromatic nitrogens is 2. The van der Waals surface area contributed by atoms with Crippen LogP contribution in [-0.4, -0.2) is 47.5 Å². The molecular formula is C17H27N5O. The number of rotatable bonds is 2. The highest BCUT2D eigenvalue weighted by Crippen LogP contribution is 2.41. The number of anilines is 2. The number of likely N-dealkylation sites (tertiary alicyclic amines) is 1. The van der Waals surface area contributed by atoms with Gasteiger partial charge in [0.25, 0.3) is 0 Å². The van der Waals surface area contributed by atoms with Crippen LogP contribution in [0, 0.1) is 12.3 Å². The zero-order chi connectivity index (χ0) is 16.6. The third-order valence-corrected chi connectivity index (χ3v) is 5.55. The maximum atomic E-state index is 11.7. The Morgan fingerprint density at radius 3 is 2.52 bits per heavy atom. The van der Waals surface area contributed by atoms with Gasteiger partial charge in [0.1, 0.15) is 5.82 Å². The molecule has 0 radical (unpaired) electrons. The molecule has 2 aliphatic heterocycles. The van der Waals surface area contributed by atoms with Crippen LogP contribution in [0.5, 0.6) is 0 Å². The molecule has 2 saturated heterocycles. The lowest BCUT2D eigenvalue weighted by Crippen LogP contribution is -2.50. The second-order valence-electron chi connectivity index (χ2n) is 7.06. The molecule has 1 spiro atoms. The quantitative estimate of drug-likeness (QED) is 0.899. The first kappa shape index (κ1) is 16.0. The van der Waals surface area contributed by atoms with Crippen LogP contribution in [0.3, 0.4) is 0 Å². The van der Waals surface area contributed by atoms with Gasteiger partial charge in [-0.05, 0) is 38.0 Å². The third kappa shape index (κ3) is 2.99. The predicted molar refractivity (Wildman–Crippen MR) is 91.3 cm³/mol. The van der Waals surface area contributed by atoms with Gasteiger partial charge in [-0.15, -0.1) is 0 Å². The van der Waals surface area contributed by atoms with Crippen molar-refractivity contribution in [1.82, 2.24) is 14.9 Å². The summed E-state index contributed by atoms with van der Waals surface area (Å²) in [7, 11) is 1.93. The van der Waals surface area contributed by atoms with Gasteiger partial charge in [0, 0.05) is 44.4 Å². The summed E-state index contributed by atoms with van der Waals surface area (Å²) in [4.78, 5) is 24.8. The summed E-state index contributed by atoms with van der Waals surface area (Å²) in [5.74, 6) is 1.65. The highest BCUT2D eigenvalue weighted by atomic mass is 16.2. The van der Waals surface area contributed by atoms with Crippen LogP contribution in [0.4, 0.5) is 11.8 Å². The molecule has 3 rings (SSSR count). The summed E-state index contributed by atoms with van der Waals surface area (Å²) in [6.45, 7) is 6.99. The Hall–Kier alpha value is -1.85. The topological polar surface area (TPSA) is 75.3 Å². The number of nitrogens with two attached hydrogens (primary N) is 1. The Morgan fingerprint density at radius 1 is 1.22 bits per heavy atom. The lowest BCUT2D eigenvalue weighted by atomic mass is 9.72. The van der Waals surface area contributed by atoms with E-state index in [9.17, 15) is 4.79 Å². The minimum Gasteiger partial charge on any atom is -0.368 e. The molecule has 1 amide bonds. The van der Waals surface area contributed by atoms with Crippen LogP contribution in [0.2, 0.25) is 0 Å². The fourth-order valence-electron chi connectivity index (χ4n) is 4.11. The summed E-state index contributed by atoms with van der Waals surface area (Å²) in [6, 6.07) is 0. The first-order chi connectivity index (χ1) is 10.9. The van der Waals surface area contributed by atoms with Gasteiger partial charge in [-0.25, -0.2) is 4.98 Å². The molecule has 126 valence electrons. The SMILES string of the molecule is CCc1c(C)nc(N)nc1N1CCC2(CCC(=O)N(C)C2)CC1. The monoisotopic (exact) mass is 317 g/mol. The van der Waals surface area contributed by atoms with Gasteiger partial charge >= 0.3 is 0 Å². The van der Waals surface area contributed by atoms with Gasteiger partial charge in [0.05, 0.1) is 0 Å². The highest BCUT2D eigenvalue weighted by Gasteiger charge is 2.40. The van der Waals surface area contributed by atoms with E-state index in [1.54, 1.807) is 0 Å². The van der Waals surface area contributed by atoms with E-state index >= 15 is 0 Å². The van der Waals surface area contributed by atoms with Crippen molar-refractivity contribution in [3.05, 3.63) is 11.3 Å². The van der Waals surface area contributed by atoms with Gasteiger partial charge < -0.3 is 15.5 Å². The normalized spacial score (nSPS) is 21.1. The van der Waals surface area contributed by atoms with Gasteiger partial charge in [-0.3, -0.25) is 4.79 Å². The maximum absolute atomic E-state index is 11.7. The average Bonchev–Trinajstić information content (AvgIpc) is 2.52. The summed E-state index contributed by atoms with van der Waals surface area (Å²) in [6.07, 6.45) is 4.85. The first-order valence-corrected chi connectivity index (χ1v) is 8.56. The molecule has 2 aliphatic rings. The number of amides is 1. The van der Waals surface area contributed by atoms with Crippen LogP contribution in [0.15, 0.2) is 0 Å². The van der Waals surface area contributed by atoms with Crippen molar-refractivity contribution in [2.75, 3.05) is 37.3 Å². The van der Waals surface area contributed by atoms with E-state index in [4.69, 9.17) is 5.73 Å². The van der Waals surface area contributed by atoms with Crippen molar-refractivity contribution >= 4 is 17.7 Å². The molecule has 0 aromatic carbocycles. The van der Waals surface area contributed by atoms with Crippen molar-refractivity contribution in [3.8, 4) is 0 Å². The van der Waals surface area contributed by atoms with Crippen molar-refractivity contribution in [1.29, 1.82) is 0 Å². The number of carbonyl (C=O) groups excluding carboxylic acids is 1. The molecule has 23 heavy (non-hydrogen) atoms. The Balaban J connectivity index is 1.76. The summed E-state index contributed by atoms with van der Waals surface area (Å²) in [5.41, 5.74) is 8.34. The van der Waals surface area contributed by atoms with E-state index < -0.39 is 0 Å². The number of piperidine rings is 2. The maximum Gasteiger partial charge on any atom is 0.222 e. The van der Waals surface area contributed by atoms with Crippen molar-refractivity contribution < 1.29 is 4.79 Å². The van der Waals surface area contributed by atoms with E-state index in [1.807, 2.05) is 18.9 Å². The van der Waals surface area contributed by atoms with Gasteiger partial charge in [0.15, 0.2) is 0 Å². The molecule has 0 aliphatic carbocycles. The molecule has 0 saturated carbocycles. The Bertz CT molecular complexity index is 607. The molecule has 6 nitrogen and oxygen atoms in total. The molecule has 1 aromatic rings. The molecule has 0 bridgehead atoms. The third-order valence-electron chi connectivity index (χ3n) is 5.55. The number of hydrogen-bond donors (Lipinski definition) is 1. The molecule has 3 heterocycles. The van der Waals surface area contributed by atoms with Crippen LogP contribution >= 0.6 is 0 Å². The smallest absolute Gasteiger partial charge is 0.222 e. The summed E-state index contributed by atoms with van der Waals surface area (Å²) in [5, 5.41) is 0. The fraction of sp³-hybridized carbons (Fsp3) is 0.706. The van der Waals surface area contributed by atoms with Crippen LogP contribution in [0.1, 0.15) is 43.9 Å². The van der Waals surface area contributed by atoms with E-state index in [-0.39, 0.29) is 5.91 Å². The molecule has 6 heteroatoms. The standard InChI is InChI=1S/C17H27N5O/c1-4-13-12(2)19-16(18)20-15(13)22-9-7-17(8-10-22)6-5-14(23)21(3)11-17/h4-11H2,1-3H3,(H2,18,19,20). The first-order valence-electron chi connectivity index (χ1n) is 8.56. The van der Waals surface area contributed by atoms with Gasteiger partial charge in [0.2, 0.25) is 11.9 Å². The molecular weight excluding hydrogens is 290 g/mol. The van der Waals surface area contributed by atoms with Crippen LogP contribution in [-0.2, 0) is 11.2 Å². The molecule has 2 N–H and O–H groups in total. The van der Waals surface area contributed by atoms with Crippen molar-refractivity contribution in [2.45, 2.75) is 46.0 Å². The summed E-state index contributed by atoms with van der Waals surface area (Å²) < 4.78 is 0. The molecule has 1 aromatic heterocycles. The lowest BCUT2D eigenvalue weighted by molar-refractivity contribution is -0.136. The van der Waals surface area contributed by atoms with E-state index in [1.165, 1.54) is 5.56 Å². The number of aryl methyl sites for hydroxylation is 1. The van der Waals surface area contributed by atoms with Crippen LogP contribution in [0.25, 0.3) is 0 Å². The minimum atomic E-state index is 0.283. The second-order valence-corrected chi connectivity index (χ2v) is 7.06. The highest BCUT2D eigenvalue weighted by molar-refractivity contribution is 5.76. The zero-order valence-electron chi connectivity index (χ0n) is 14.4. The van der Waals surface area contributed by atoms with Crippen molar-refractivity contribution in [3.63, 3.8) is 0 Å². The number of carbonyl (C=O) groups is 1. The Morgan fingerprint density at radius 2 is 1.91 bits per heavy atom. The van der Waals surface area contributed by atoms with E-state index in [0.29, 0.717) is 17.8 Å². The predicted octanol–water partition coefficient (Wildman–Crippen LogP) is 1.77. The average molecular weight is 317 g/mol. The second kappa shape index (κ2) is 5.98. The van der Waals surface area contributed by atoms with E-state index in [2.05, 4.69) is 21.8 Å². The van der Waals surface area contributed by atoms with Gasteiger partial charge in [-0.1, -0.05) is 6.92 Å². The summed E-state index contributed by atoms with van der Waals surface area (Å²) >= 11 is 0. The zero-order valence-corrected chi connectivity index (χ0v) is 14.4. The Kier molecular flexibility index (Phi) is 4.17. The molecule has 0 atom stereocenters. The number of hydrogen-bond acceptors (Lipinski definition) is 5. The van der Waals surface area contributed by atoms with Crippen LogP contribution < -0.4 is 10.6 Å². The minimum absolute atomic E-state index is 0.283. The number of nitrogens with zero attached hydrogens (tertiary/aromatic N) is 4. The van der Waals surface area contributed by atoms with E-state index in [0.717, 1.165) is 56.8 Å². The Labute approximate surface area is 138 Å². The number of nitrogen functional groups attached to an aromatic ring is 1.